The normalized spacial score (nSPS) is 10.4. The smallest absolute Gasteiger partial charge is 0.224 e. The van der Waals surface area contributed by atoms with Gasteiger partial charge in [-0.2, -0.15) is 0 Å². The van der Waals surface area contributed by atoms with Crippen LogP contribution in [-0.2, 0) is 9.59 Å². The van der Waals surface area contributed by atoms with E-state index < -0.39 is 0 Å². The van der Waals surface area contributed by atoms with E-state index in [1.807, 2.05) is 24.3 Å². The van der Waals surface area contributed by atoms with Crippen LogP contribution in [-0.4, -0.2) is 37.8 Å². The fourth-order valence-corrected chi connectivity index (χ4v) is 3.10. The molecule has 2 N–H and O–H groups in total. The van der Waals surface area contributed by atoms with E-state index in [1.165, 1.54) is 0 Å². The molecule has 0 atom stereocenters. The quantitative estimate of drug-likeness (QED) is 0.454. The van der Waals surface area contributed by atoms with Crippen LogP contribution in [0.25, 0.3) is 11.1 Å². The van der Waals surface area contributed by atoms with Crippen molar-refractivity contribution in [3.05, 3.63) is 36.4 Å². The molecule has 0 aliphatic heterocycles. The lowest BCUT2D eigenvalue weighted by atomic mass is 10.0. The molecule has 0 saturated heterocycles. The second-order valence-corrected chi connectivity index (χ2v) is 7.27. The van der Waals surface area contributed by atoms with Crippen LogP contribution >= 0.6 is 23.2 Å². The third kappa shape index (κ3) is 6.82. The fraction of sp³-hybridized carbons (Fsp3) is 0.364. The minimum Gasteiger partial charge on any atom is -0.495 e. The SMILES string of the molecule is COc1cc(-c2ccc(NC(=O)CCCCl)c(OC)c2)ccc1NC(=O)CCCCl. The van der Waals surface area contributed by atoms with Gasteiger partial charge in [0.25, 0.3) is 0 Å². The lowest BCUT2D eigenvalue weighted by Gasteiger charge is -2.14. The van der Waals surface area contributed by atoms with Gasteiger partial charge >= 0.3 is 0 Å². The summed E-state index contributed by atoms with van der Waals surface area (Å²) in [5.74, 6) is 1.74. The Morgan fingerprint density at radius 3 is 1.50 bits per heavy atom. The third-order valence-corrected chi connectivity index (χ3v) is 4.89. The molecule has 0 bridgehead atoms. The van der Waals surface area contributed by atoms with Crippen LogP contribution < -0.4 is 20.1 Å². The molecule has 0 heterocycles. The Bertz CT molecular complexity index is 803. The molecular formula is C22H26Cl2N2O4. The highest BCUT2D eigenvalue weighted by Gasteiger charge is 2.12. The van der Waals surface area contributed by atoms with E-state index in [-0.39, 0.29) is 11.8 Å². The zero-order chi connectivity index (χ0) is 21.9. The summed E-state index contributed by atoms with van der Waals surface area (Å²) in [5, 5.41) is 5.68. The molecule has 0 radical (unpaired) electrons. The fourth-order valence-electron chi connectivity index (χ4n) is 2.83. The Labute approximate surface area is 186 Å². The first-order valence-corrected chi connectivity index (χ1v) is 10.7. The zero-order valence-corrected chi connectivity index (χ0v) is 18.6. The molecule has 2 rings (SSSR count). The number of halogens is 2. The van der Waals surface area contributed by atoms with Crippen molar-refractivity contribution < 1.29 is 19.1 Å². The van der Waals surface area contributed by atoms with Gasteiger partial charge in [0.2, 0.25) is 11.8 Å². The number of alkyl halides is 2. The van der Waals surface area contributed by atoms with Crippen LogP contribution in [0.4, 0.5) is 11.4 Å². The summed E-state index contributed by atoms with van der Waals surface area (Å²) in [6.45, 7) is 0. The Kier molecular flexibility index (Phi) is 9.77. The summed E-state index contributed by atoms with van der Waals surface area (Å²) in [5.41, 5.74) is 2.94. The van der Waals surface area contributed by atoms with Crippen molar-refractivity contribution in [2.24, 2.45) is 0 Å². The molecule has 30 heavy (non-hydrogen) atoms. The second kappa shape index (κ2) is 12.3. The number of carbonyl (C=O) groups excluding carboxylic acids is 2. The van der Waals surface area contributed by atoms with Crippen LogP contribution in [0.2, 0.25) is 0 Å². The lowest BCUT2D eigenvalue weighted by Crippen LogP contribution is -2.12. The Morgan fingerprint density at radius 1 is 0.767 bits per heavy atom. The van der Waals surface area contributed by atoms with Crippen molar-refractivity contribution in [1.82, 2.24) is 0 Å². The highest BCUT2D eigenvalue weighted by molar-refractivity contribution is 6.18. The van der Waals surface area contributed by atoms with Crippen molar-refractivity contribution in [3.63, 3.8) is 0 Å². The van der Waals surface area contributed by atoms with E-state index in [0.29, 0.717) is 60.3 Å². The van der Waals surface area contributed by atoms with Gasteiger partial charge in [0, 0.05) is 24.6 Å². The van der Waals surface area contributed by atoms with Crippen LogP contribution in [0, 0.1) is 0 Å². The van der Waals surface area contributed by atoms with Gasteiger partial charge in [-0.05, 0) is 48.2 Å². The van der Waals surface area contributed by atoms with Crippen molar-refractivity contribution in [1.29, 1.82) is 0 Å². The molecule has 8 heteroatoms. The molecule has 2 aromatic carbocycles. The Hall–Kier alpha value is -2.44. The van der Waals surface area contributed by atoms with Crippen LogP contribution in [0.5, 0.6) is 11.5 Å². The summed E-state index contributed by atoms with van der Waals surface area (Å²) in [7, 11) is 3.10. The van der Waals surface area contributed by atoms with Crippen molar-refractivity contribution in [2.75, 3.05) is 36.6 Å². The lowest BCUT2D eigenvalue weighted by molar-refractivity contribution is -0.117. The summed E-state index contributed by atoms with van der Waals surface area (Å²) in [6.07, 6.45) is 1.93. The number of hydrogen-bond donors (Lipinski definition) is 2. The molecule has 0 aromatic heterocycles. The Balaban J connectivity index is 2.22. The molecule has 0 spiro atoms. The second-order valence-electron chi connectivity index (χ2n) is 6.51. The minimum atomic E-state index is -0.113. The van der Waals surface area contributed by atoms with Crippen molar-refractivity contribution >= 4 is 46.4 Å². The van der Waals surface area contributed by atoms with Crippen molar-refractivity contribution in [3.8, 4) is 22.6 Å². The van der Waals surface area contributed by atoms with Crippen LogP contribution in [0.15, 0.2) is 36.4 Å². The number of hydrogen-bond acceptors (Lipinski definition) is 4. The number of amides is 2. The molecule has 0 unspecified atom stereocenters. The van der Waals surface area contributed by atoms with E-state index >= 15 is 0 Å². The summed E-state index contributed by atoms with van der Waals surface area (Å²) >= 11 is 11.3. The van der Waals surface area contributed by atoms with Gasteiger partial charge in [0.15, 0.2) is 0 Å². The van der Waals surface area contributed by atoms with E-state index in [0.717, 1.165) is 11.1 Å². The molecule has 162 valence electrons. The first-order valence-electron chi connectivity index (χ1n) is 9.60. The molecule has 2 amide bonds. The predicted molar refractivity (Wildman–Crippen MR) is 122 cm³/mol. The summed E-state index contributed by atoms with van der Waals surface area (Å²) in [4.78, 5) is 24.0. The van der Waals surface area contributed by atoms with Gasteiger partial charge in [-0.3, -0.25) is 9.59 Å². The molecule has 0 aliphatic rings. The van der Waals surface area contributed by atoms with E-state index in [1.54, 1.807) is 26.4 Å². The first-order chi connectivity index (χ1) is 14.5. The molecule has 6 nitrogen and oxygen atoms in total. The summed E-state index contributed by atoms with van der Waals surface area (Å²) in [6, 6.07) is 11.0. The van der Waals surface area contributed by atoms with Gasteiger partial charge in [0.05, 0.1) is 25.6 Å². The predicted octanol–water partition coefficient (Wildman–Crippen LogP) is 5.29. The number of anilines is 2. The van der Waals surface area contributed by atoms with Gasteiger partial charge < -0.3 is 20.1 Å². The standard InChI is InChI=1S/C22H26Cl2N2O4/c1-29-19-13-15(7-9-17(19)25-21(27)5-3-11-23)16-8-10-18(20(14-16)30-2)26-22(28)6-4-12-24/h7-10,13-14H,3-6,11-12H2,1-2H3,(H,25,27)(H,26,28). The molecule has 0 aliphatic carbocycles. The summed E-state index contributed by atoms with van der Waals surface area (Å²) < 4.78 is 10.9. The van der Waals surface area contributed by atoms with E-state index in [9.17, 15) is 9.59 Å². The highest BCUT2D eigenvalue weighted by Crippen LogP contribution is 2.35. The van der Waals surface area contributed by atoms with Gasteiger partial charge in [-0.15, -0.1) is 23.2 Å². The number of nitrogens with one attached hydrogen (secondary N) is 2. The topological polar surface area (TPSA) is 76.7 Å². The maximum Gasteiger partial charge on any atom is 0.224 e. The van der Waals surface area contributed by atoms with E-state index in [2.05, 4.69) is 10.6 Å². The number of rotatable bonds is 11. The van der Waals surface area contributed by atoms with Crippen LogP contribution in [0.3, 0.4) is 0 Å². The van der Waals surface area contributed by atoms with Crippen LogP contribution in [0.1, 0.15) is 25.7 Å². The number of benzene rings is 2. The van der Waals surface area contributed by atoms with E-state index in [4.69, 9.17) is 32.7 Å². The van der Waals surface area contributed by atoms with Crippen molar-refractivity contribution in [2.45, 2.75) is 25.7 Å². The monoisotopic (exact) mass is 452 g/mol. The molecular weight excluding hydrogens is 427 g/mol. The first kappa shape index (κ1) is 23.8. The average molecular weight is 453 g/mol. The average Bonchev–Trinajstić information content (AvgIpc) is 2.76. The highest BCUT2D eigenvalue weighted by atomic mass is 35.5. The van der Waals surface area contributed by atoms with Gasteiger partial charge in [0.1, 0.15) is 11.5 Å². The van der Waals surface area contributed by atoms with Gasteiger partial charge in [-0.1, -0.05) is 12.1 Å². The number of methoxy groups -OCH3 is 2. The molecule has 0 saturated carbocycles. The Morgan fingerprint density at radius 2 is 1.17 bits per heavy atom. The molecule has 0 fully saturated rings. The third-order valence-electron chi connectivity index (χ3n) is 4.36. The molecule has 2 aromatic rings. The maximum atomic E-state index is 12.0. The number of ether oxygens (including phenoxy) is 2. The number of carbonyl (C=O) groups is 2. The maximum absolute atomic E-state index is 12.0. The minimum absolute atomic E-state index is 0.113. The largest absolute Gasteiger partial charge is 0.495 e. The van der Waals surface area contributed by atoms with Gasteiger partial charge in [-0.25, -0.2) is 0 Å². The zero-order valence-electron chi connectivity index (χ0n) is 17.1.